The van der Waals surface area contributed by atoms with Gasteiger partial charge < -0.3 is 9.84 Å². The van der Waals surface area contributed by atoms with Gasteiger partial charge in [0.25, 0.3) is 5.60 Å². The Morgan fingerprint density at radius 3 is 2.18 bits per heavy atom. The van der Waals surface area contributed by atoms with Crippen molar-refractivity contribution in [2.75, 3.05) is 0 Å². The molecule has 0 spiro atoms. The fourth-order valence-corrected chi connectivity index (χ4v) is 7.96. The second-order valence-corrected chi connectivity index (χ2v) is 12.6. The van der Waals surface area contributed by atoms with Gasteiger partial charge in [0.1, 0.15) is 6.10 Å². The van der Waals surface area contributed by atoms with E-state index in [1.54, 1.807) is 0 Å². The zero-order chi connectivity index (χ0) is 28.9. The summed E-state index contributed by atoms with van der Waals surface area (Å²) in [6.45, 7) is 5.78. The fraction of sp³-hybridized carbons (Fsp3) is 0.767. The Morgan fingerprint density at radius 1 is 0.974 bits per heavy atom. The highest BCUT2D eigenvalue weighted by Gasteiger charge is 2.69. The van der Waals surface area contributed by atoms with E-state index in [0.29, 0.717) is 5.92 Å². The maximum Gasteiger partial charge on any atom is 0.429 e. The van der Waals surface area contributed by atoms with Gasteiger partial charge in [0.2, 0.25) is 0 Å². The van der Waals surface area contributed by atoms with E-state index >= 15 is 0 Å². The maximum atomic E-state index is 13.1. The summed E-state index contributed by atoms with van der Waals surface area (Å²) in [5.41, 5.74) is -2.57. The molecule has 0 saturated heterocycles. The van der Waals surface area contributed by atoms with Crippen molar-refractivity contribution in [2.45, 2.75) is 115 Å². The minimum absolute atomic E-state index is 0.0598. The molecular formula is C30H40F6O3. The van der Waals surface area contributed by atoms with Crippen LogP contribution in [0.3, 0.4) is 0 Å². The average molecular weight is 563 g/mol. The average Bonchev–Trinajstić information content (AvgIpc) is 3.50. The van der Waals surface area contributed by atoms with Crippen LogP contribution >= 0.6 is 0 Å². The number of aliphatic hydroxyl groups is 1. The zero-order valence-electron chi connectivity index (χ0n) is 22.9. The van der Waals surface area contributed by atoms with Crippen molar-refractivity contribution in [1.29, 1.82) is 0 Å². The summed E-state index contributed by atoms with van der Waals surface area (Å²) >= 11 is 0. The molecule has 0 amide bonds. The van der Waals surface area contributed by atoms with Crippen LogP contribution in [0.25, 0.3) is 0 Å². The van der Waals surface area contributed by atoms with Crippen molar-refractivity contribution < 1.29 is 41.0 Å². The van der Waals surface area contributed by atoms with E-state index in [1.165, 1.54) is 18.1 Å². The van der Waals surface area contributed by atoms with Gasteiger partial charge in [0, 0.05) is 12.8 Å². The number of alkyl halides is 6. The Bertz CT molecular complexity index is 1000. The van der Waals surface area contributed by atoms with Crippen LogP contribution in [0.2, 0.25) is 0 Å². The second-order valence-electron chi connectivity index (χ2n) is 12.6. The molecule has 2 unspecified atom stereocenters. The summed E-state index contributed by atoms with van der Waals surface area (Å²) in [6, 6.07) is 0. The van der Waals surface area contributed by atoms with Gasteiger partial charge in [-0.25, -0.2) is 0 Å². The van der Waals surface area contributed by atoms with Crippen LogP contribution in [0.15, 0.2) is 35.5 Å². The van der Waals surface area contributed by atoms with Crippen LogP contribution in [-0.2, 0) is 9.53 Å². The Hall–Kier alpha value is -1.77. The van der Waals surface area contributed by atoms with Crippen LogP contribution in [0.1, 0.15) is 91.4 Å². The topological polar surface area (TPSA) is 46.5 Å². The predicted molar refractivity (Wildman–Crippen MR) is 135 cm³/mol. The van der Waals surface area contributed by atoms with Gasteiger partial charge >= 0.3 is 18.3 Å². The van der Waals surface area contributed by atoms with E-state index < -0.39 is 18.0 Å². The lowest BCUT2D eigenvalue weighted by atomic mass is 9.59. The third-order valence-corrected chi connectivity index (χ3v) is 10.3. The molecule has 5 atom stereocenters. The first-order chi connectivity index (χ1) is 18.0. The number of rotatable bonds is 6. The normalized spacial score (nSPS) is 35.4. The Labute approximate surface area is 226 Å². The van der Waals surface area contributed by atoms with E-state index in [2.05, 4.69) is 26.0 Å². The maximum absolute atomic E-state index is 13.1. The van der Waals surface area contributed by atoms with Crippen molar-refractivity contribution in [3.63, 3.8) is 0 Å². The van der Waals surface area contributed by atoms with E-state index in [1.807, 2.05) is 0 Å². The molecule has 4 saturated carbocycles. The summed E-state index contributed by atoms with van der Waals surface area (Å²) in [5, 5.41) is 9.51. The molecule has 4 aliphatic carbocycles. The van der Waals surface area contributed by atoms with Gasteiger partial charge in [-0.05, 0) is 99.4 Å². The van der Waals surface area contributed by atoms with Crippen molar-refractivity contribution in [3.05, 3.63) is 35.5 Å². The summed E-state index contributed by atoms with van der Waals surface area (Å²) in [6.07, 6.45) is 2.74. The van der Waals surface area contributed by atoms with Crippen LogP contribution in [0, 0.1) is 28.6 Å². The number of halogens is 6. The zero-order valence-corrected chi connectivity index (χ0v) is 22.9. The SMILES string of the molecule is CC(=O)O[C@H]1CCC/C(=C/C=C2\CCC[C@@]3(C)C2CC[C@@H]3C2(C/C=C/C(O)(C(F)(F)F)C(F)(F)F)CC2)C1C. The number of allylic oxidation sites excluding steroid dienone is 4. The Morgan fingerprint density at radius 2 is 1.59 bits per heavy atom. The van der Waals surface area contributed by atoms with Gasteiger partial charge in [-0.2, -0.15) is 26.3 Å². The highest BCUT2D eigenvalue weighted by Crippen LogP contribution is 2.70. The minimum atomic E-state index is -5.84. The van der Waals surface area contributed by atoms with Crippen molar-refractivity contribution in [1.82, 2.24) is 0 Å². The lowest BCUT2D eigenvalue weighted by Crippen LogP contribution is -2.55. The monoisotopic (exact) mass is 562 g/mol. The molecule has 1 N–H and O–H groups in total. The van der Waals surface area contributed by atoms with Crippen molar-refractivity contribution in [2.24, 2.45) is 28.6 Å². The first-order valence-electron chi connectivity index (χ1n) is 14.1. The number of ether oxygens (including phenoxy) is 1. The third-order valence-electron chi connectivity index (χ3n) is 10.3. The summed E-state index contributed by atoms with van der Waals surface area (Å²) in [7, 11) is 0. The molecule has 9 heteroatoms. The van der Waals surface area contributed by atoms with Gasteiger partial charge in [0.05, 0.1) is 0 Å². The molecule has 4 fully saturated rings. The van der Waals surface area contributed by atoms with Crippen LogP contribution in [0.5, 0.6) is 0 Å². The van der Waals surface area contributed by atoms with Gasteiger partial charge in [-0.1, -0.05) is 43.2 Å². The Balaban J connectivity index is 1.50. The lowest BCUT2D eigenvalue weighted by Gasteiger charge is -2.45. The number of fused-ring (bicyclic) bond motifs is 1. The van der Waals surface area contributed by atoms with E-state index in [-0.39, 0.29) is 47.2 Å². The first kappa shape index (κ1) is 30.2. The smallest absolute Gasteiger partial charge is 0.429 e. The Kier molecular flexibility index (Phi) is 8.18. The number of hydrogen-bond donors (Lipinski definition) is 1. The predicted octanol–water partition coefficient (Wildman–Crippen LogP) is 8.39. The van der Waals surface area contributed by atoms with E-state index in [0.717, 1.165) is 70.3 Å². The van der Waals surface area contributed by atoms with Crippen molar-refractivity contribution in [3.8, 4) is 0 Å². The lowest BCUT2D eigenvalue weighted by molar-refractivity contribution is -0.347. The molecule has 3 nitrogen and oxygen atoms in total. The van der Waals surface area contributed by atoms with Crippen LogP contribution in [-0.4, -0.2) is 35.1 Å². The largest absolute Gasteiger partial charge is 0.462 e. The molecular weight excluding hydrogens is 522 g/mol. The van der Waals surface area contributed by atoms with E-state index in [9.17, 15) is 36.2 Å². The molecule has 0 radical (unpaired) electrons. The van der Waals surface area contributed by atoms with Gasteiger partial charge in [-0.3, -0.25) is 4.79 Å². The third kappa shape index (κ3) is 5.71. The van der Waals surface area contributed by atoms with Gasteiger partial charge in [-0.15, -0.1) is 0 Å². The highest BCUT2D eigenvalue weighted by molar-refractivity contribution is 5.66. The molecule has 0 aromatic rings. The first-order valence-corrected chi connectivity index (χ1v) is 14.1. The number of carbonyl (C=O) groups excluding carboxylic acids is 1. The molecule has 0 aliphatic heterocycles. The van der Waals surface area contributed by atoms with Crippen LogP contribution in [0.4, 0.5) is 26.3 Å². The van der Waals surface area contributed by atoms with E-state index in [4.69, 9.17) is 4.74 Å². The van der Waals surface area contributed by atoms with Gasteiger partial charge in [0.15, 0.2) is 0 Å². The second kappa shape index (κ2) is 10.6. The summed E-state index contributed by atoms with van der Waals surface area (Å²) in [4.78, 5) is 11.5. The molecule has 4 aliphatic rings. The van der Waals surface area contributed by atoms with Crippen molar-refractivity contribution >= 4 is 5.97 Å². The molecule has 39 heavy (non-hydrogen) atoms. The molecule has 0 heterocycles. The van der Waals surface area contributed by atoms with Crippen LogP contribution < -0.4 is 0 Å². The highest BCUT2D eigenvalue weighted by atomic mass is 19.4. The molecule has 0 bridgehead atoms. The number of esters is 1. The molecule has 4 rings (SSSR count). The number of carbonyl (C=O) groups is 1. The number of hydrogen-bond acceptors (Lipinski definition) is 3. The fourth-order valence-electron chi connectivity index (χ4n) is 7.96. The molecule has 0 aromatic carbocycles. The molecule has 0 aromatic heterocycles. The summed E-state index contributed by atoms with van der Waals surface area (Å²) < 4.78 is 84.2. The quantitative estimate of drug-likeness (QED) is 0.201. The summed E-state index contributed by atoms with van der Waals surface area (Å²) in [5.74, 6) is 0.430. The molecule has 220 valence electrons. The standard InChI is InChI=1S/C30H40F6O3/c1-19-21(7-4-9-24(19)39-20(2)37)10-11-22-8-5-14-26(3)23(22)12-13-25(26)27(17-18-27)15-6-16-28(38,29(31,32)33)30(34,35)36/h6,10-11,16,19,23-25,38H,4-5,7-9,12-15,17-18H2,1-3H3/b16-6+,21-10-,22-11+/t19?,23?,24-,25-,26-/m0/s1. The minimum Gasteiger partial charge on any atom is -0.462 e.